The van der Waals surface area contributed by atoms with E-state index in [1.807, 2.05) is 36.4 Å². The number of halogens is 1. The summed E-state index contributed by atoms with van der Waals surface area (Å²) in [6.45, 7) is 0. The Labute approximate surface area is 185 Å². The Hall–Kier alpha value is -3.42. The first-order valence-electron chi connectivity index (χ1n) is 9.58. The minimum Gasteiger partial charge on any atom is -1.00 e. The Morgan fingerprint density at radius 3 is 2.58 bits per heavy atom. The molecule has 0 aliphatic heterocycles. The molecule has 4 N–H and O–H groups in total. The fraction of sp³-hybridized carbons (Fsp3) is 0.174. The number of hydrogen-bond donors (Lipinski definition) is 2. The second-order valence-electron chi connectivity index (χ2n) is 7.60. The largest absolute Gasteiger partial charge is 1.00 e. The number of nitrogens with zero attached hydrogens (tertiary/aromatic N) is 1. The van der Waals surface area contributed by atoms with Crippen LogP contribution in [0.2, 0.25) is 0 Å². The van der Waals surface area contributed by atoms with Gasteiger partial charge >= 0.3 is 5.97 Å². The van der Waals surface area contributed by atoms with Gasteiger partial charge in [0.05, 0.1) is 4.92 Å². The molecule has 4 rings (SSSR count). The Balaban J connectivity index is 0.00000272. The fourth-order valence-electron chi connectivity index (χ4n) is 3.79. The van der Waals surface area contributed by atoms with Crippen molar-refractivity contribution in [2.75, 3.05) is 0 Å². The van der Waals surface area contributed by atoms with Crippen LogP contribution in [-0.4, -0.2) is 21.5 Å². The summed E-state index contributed by atoms with van der Waals surface area (Å²) in [5.74, 6) is 0.254. The van der Waals surface area contributed by atoms with Gasteiger partial charge in [0.25, 0.3) is 5.69 Å². The molecule has 7 nitrogen and oxygen atoms in total. The van der Waals surface area contributed by atoms with Gasteiger partial charge in [-0.05, 0) is 41.3 Å². The smallest absolute Gasteiger partial charge is 0.365 e. The zero-order valence-electron chi connectivity index (χ0n) is 16.6. The number of non-ortho nitro benzene ring substituents is 1. The average molecular weight is 441 g/mol. The van der Waals surface area contributed by atoms with Crippen LogP contribution in [0, 0.1) is 10.1 Å². The van der Waals surface area contributed by atoms with E-state index < -0.39 is 16.4 Å². The highest BCUT2D eigenvalue weighted by Crippen LogP contribution is 2.36. The lowest BCUT2D eigenvalue weighted by Crippen LogP contribution is -3.00. The number of benzene rings is 3. The summed E-state index contributed by atoms with van der Waals surface area (Å²) in [5, 5.41) is 20.6. The van der Waals surface area contributed by atoms with E-state index in [2.05, 4.69) is 5.73 Å². The maximum Gasteiger partial charge on any atom is 0.365 e. The Morgan fingerprint density at radius 1 is 1.06 bits per heavy atom. The lowest BCUT2D eigenvalue weighted by molar-refractivity contribution is -0.464. The second-order valence-corrected chi connectivity index (χ2v) is 7.60. The summed E-state index contributed by atoms with van der Waals surface area (Å²) >= 11 is 0. The van der Waals surface area contributed by atoms with Gasteiger partial charge in [-0.3, -0.25) is 10.1 Å². The van der Waals surface area contributed by atoms with Crippen molar-refractivity contribution in [1.29, 1.82) is 0 Å². The Kier molecular flexibility index (Phi) is 6.29. The molecule has 0 saturated heterocycles. The normalized spacial score (nSPS) is 17.2. The van der Waals surface area contributed by atoms with Gasteiger partial charge < -0.3 is 28.0 Å². The fourth-order valence-corrected chi connectivity index (χ4v) is 3.79. The summed E-state index contributed by atoms with van der Waals surface area (Å²) in [4.78, 5) is 22.3. The van der Waals surface area contributed by atoms with Crippen molar-refractivity contribution in [3.63, 3.8) is 0 Å². The van der Waals surface area contributed by atoms with Gasteiger partial charge in [0.15, 0.2) is 5.54 Å². The SMILES string of the molecule is [Cl-].[NH3+]C1(C(=O)O)CCc2ccc(Oc3ccccc3-c3cccc([N+](=O)[O-])c3)cc2C1. The predicted molar refractivity (Wildman–Crippen MR) is 110 cm³/mol. The molecule has 0 aromatic heterocycles. The molecule has 0 fully saturated rings. The number of carbonyl (C=O) groups is 1. The number of ether oxygens (including phenoxy) is 1. The number of carboxylic acids is 1. The van der Waals surface area contributed by atoms with Crippen molar-refractivity contribution in [3.8, 4) is 22.6 Å². The minimum absolute atomic E-state index is 0. The molecule has 0 heterocycles. The molecule has 0 amide bonds. The maximum atomic E-state index is 11.6. The molecule has 3 aromatic carbocycles. The number of para-hydroxylation sites is 1. The molecular formula is C23H21ClN2O5. The van der Waals surface area contributed by atoms with E-state index in [1.165, 1.54) is 12.1 Å². The van der Waals surface area contributed by atoms with Gasteiger partial charge in [-0.1, -0.05) is 36.4 Å². The number of fused-ring (bicyclic) bond motifs is 1. The van der Waals surface area contributed by atoms with Gasteiger partial charge in [0.2, 0.25) is 0 Å². The first kappa shape index (κ1) is 22.3. The van der Waals surface area contributed by atoms with E-state index in [-0.39, 0.29) is 18.1 Å². The van der Waals surface area contributed by atoms with Gasteiger partial charge in [0, 0.05) is 30.5 Å². The number of rotatable bonds is 5. The number of nitro groups is 1. The van der Waals surface area contributed by atoms with Crippen LogP contribution in [0.15, 0.2) is 66.7 Å². The van der Waals surface area contributed by atoms with Gasteiger partial charge in [-0.2, -0.15) is 0 Å². The molecular weight excluding hydrogens is 420 g/mol. The summed E-state index contributed by atoms with van der Waals surface area (Å²) in [6.07, 6.45) is 1.52. The highest BCUT2D eigenvalue weighted by Gasteiger charge is 2.41. The molecule has 160 valence electrons. The van der Waals surface area contributed by atoms with Crippen LogP contribution in [0.5, 0.6) is 11.5 Å². The van der Waals surface area contributed by atoms with E-state index in [9.17, 15) is 20.0 Å². The Bertz CT molecular complexity index is 1150. The molecule has 1 unspecified atom stereocenters. The average Bonchev–Trinajstić information content (AvgIpc) is 2.74. The topological polar surface area (TPSA) is 117 Å². The Morgan fingerprint density at radius 2 is 1.84 bits per heavy atom. The predicted octanol–water partition coefficient (Wildman–Crippen LogP) is 0.612. The monoisotopic (exact) mass is 440 g/mol. The number of nitro benzene ring substituents is 1. The molecule has 0 bridgehead atoms. The quantitative estimate of drug-likeness (QED) is 0.445. The van der Waals surface area contributed by atoms with E-state index in [0.717, 1.165) is 16.7 Å². The van der Waals surface area contributed by atoms with Gasteiger partial charge in [0.1, 0.15) is 11.5 Å². The van der Waals surface area contributed by atoms with Crippen LogP contribution < -0.4 is 22.9 Å². The van der Waals surface area contributed by atoms with Gasteiger partial charge in [-0.15, -0.1) is 0 Å². The zero-order chi connectivity index (χ0) is 21.3. The van der Waals surface area contributed by atoms with E-state index in [0.29, 0.717) is 36.3 Å². The molecule has 0 spiro atoms. The summed E-state index contributed by atoms with van der Waals surface area (Å²) in [5.41, 5.74) is 6.35. The van der Waals surface area contributed by atoms with Crippen LogP contribution in [0.25, 0.3) is 11.1 Å². The molecule has 1 atom stereocenters. The first-order chi connectivity index (χ1) is 14.4. The molecule has 1 aliphatic rings. The van der Waals surface area contributed by atoms with E-state index >= 15 is 0 Å². The third kappa shape index (κ3) is 4.52. The molecule has 31 heavy (non-hydrogen) atoms. The van der Waals surface area contributed by atoms with Crippen molar-refractivity contribution in [2.45, 2.75) is 24.8 Å². The number of aryl methyl sites for hydroxylation is 1. The van der Waals surface area contributed by atoms with Crippen LogP contribution in [0.4, 0.5) is 5.69 Å². The van der Waals surface area contributed by atoms with Crippen molar-refractivity contribution < 1.29 is 37.7 Å². The summed E-state index contributed by atoms with van der Waals surface area (Å²) in [6, 6.07) is 19.4. The van der Waals surface area contributed by atoms with Crippen molar-refractivity contribution in [3.05, 3.63) is 88.0 Å². The first-order valence-corrected chi connectivity index (χ1v) is 9.58. The highest BCUT2D eigenvalue weighted by molar-refractivity contribution is 5.78. The number of hydrogen-bond acceptors (Lipinski definition) is 4. The summed E-state index contributed by atoms with van der Waals surface area (Å²) in [7, 11) is 0. The number of carboxylic acid groups (broad SMARTS) is 1. The molecule has 8 heteroatoms. The lowest BCUT2D eigenvalue weighted by Gasteiger charge is -2.28. The number of quaternary nitrogens is 1. The van der Waals surface area contributed by atoms with Crippen molar-refractivity contribution in [1.82, 2.24) is 0 Å². The second kappa shape index (κ2) is 8.75. The summed E-state index contributed by atoms with van der Waals surface area (Å²) < 4.78 is 6.12. The lowest BCUT2D eigenvalue weighted by atomic mass is 9.78. The zero-order valence-corrected chi connectivity index (χ0v) is 17.3. The van der Waals surface area contributed by atoms with Crippen LogP contribution in [0.1, 0.15) is 17.5 Å². The van der Waals surface area contributed by atoms with Gasteiger partial charge in [-0.25, -0.2) is 4.79 Å². The maximum absolute atomic E-state index is 11.6. The van der Waals surface area contributed by atoms with Crippen molar-refractivity contribution in [2.24, 2.45) is 0 Å². The van der Waals surface area contributed by atoms with Crippen LogP contribution >= 0.6 is 0 Å². The molecule has 0 saturated carbocycles. The highest BCUT2D eigenvalue weighted by atomic mass is 35.5. The van der Waals surface area contributed by atoms with Crippen molar-refractivity contribution >= 4 is 11.7 Å². The molecule has 0 radical (unpaired) electrons. The molecule has 1 aliphatic carbocycles. The number of aliphatic carboxylic acids is 1. The van der Waals surface area contributed by atoms with Crippen LogP contribution in [0.3, 0.4) is 0 Å². The third-order valence-corrected chi connectivity index (χ3v) is 5.52. The molecule has 3 aromatic rings. The van der Waals surface area contributed by atoms with Crippen LogP contribution in [-0.2, 0) is 17.6 Å². The standard InChI is InChI=1S/C23H20N2O5.ClH/c24-23(22(26)27)11-10-15-8-9-19(13-17(15)14-23)30-21-7-2-1-6-20(21)16-4-3-5-18(12-16)25(28)29;/h1-9,12-13H,10-11,14,24H2,(H,26,27);1H. The van der Waals surface area contributed by atoms with E-state index in [1.54, 1.807) is 18.2 Å². The minimum atomic E-state index is -1.02. The van der Waals surface area contributed by atoms with E-state index in [4.69, 9.17) is 4.74 Å². The third-order valence-electron chi connectivity index (χ3n) is 5.52.